The number of carbonyl (C=O) groups is 1. The molecule has 0 saturated carbocycles. The maximum Gasteiger partial charge on any atom is 0.300 e. The van der Waals surface area contributed by atoms with Crippen molar-refractivity contribution in [1.82, 2.24) is 9.55 Å². The van der Waals surface area contributed by atoms with Crippen LogP contribution in [0.5, 0.6) is 0 Å². The van der Waals surface area contributed by atoms with Crippen LogP contribution in [0.15, 0.2) is 59.9 Å². The molecule has 2 heterocycles. The first-order chi connectivity index (χ1) is 12.9. The molecule has 2 aromatic carbocycles. The zero-order valence-electron chi connectivity index (χ0n) is 14.2. The maximum atomic E-state index is 14.3. The van der Waals surface area contributed by atoms with E-state index >= 15 is 0 Å². The number of imidazole rings is 1. The summed E-state index contributed by atoms with van der Waals surface area (Å²) >= 11 is 6.12. The smallest absolute Gasteiger partial charge is 0.300 e. The third-order valence-corrected chi connectivity index (χ3v) is 3.99. The van der Waals surface area contributed by atoms with Crippen molar-refractivity contribution in [1.29, 1.82) is 0 Å². The number of fused-ring (bicyclic) bond motifs is 3. The molecule has 1 aromatic heterocycles. The predicted molar refractivity (Wildman–Crippen MR) is 98.9 cm³/mol. The number of hydrogen-bond acceptors (Lipinski definition) is 4. The average molecular weight is 388 g/mol. The Hall–Kier alpha value is -3.03. The van der Waals surface area contributed by atoms with Gasteiger partial charge in [-0.15, -0.1) is 0 Å². The Balaban J connectivity index is 0.000000481. The first kappa shape index (κ1) is 18.8. The van der Waals surface area contributed by atoms with E-state index in [1.165, 1.54) is 6.07 Å². The normalized spacial score (nSPS) is 14.8. The lowest BCUT2D eigenvalue weighted by atomic mass is 10.00. The Labute approximate surface area is 159 Å². The second-order valence-corrected chi connectivity index (χ2v) is 6.10. The highest BCUT2D eigenvalue weighted by molar-refractivity contribution is 6.31. The molecule has 27 heavy (non-hydrogen) atoms. The van der Waals surface area contributed by atoms with E-state index in [1.54, 1.807) is 53.4 Å². The number of aliphatic hydroxyl groups excluding tert-OH is 1. The fourth-order valence-corrected chi connectivity index (χ4v) is 2.91. The lowest BCUT2D eigenvalue weighted by Gasteiger charge is -2.12. The van der Waals surface area contributed by atoms with Crippen molar-refractivity contribution in [2.24, 2.45) is 4.99 Å². The summed E-state index contributed by atoms with van der Waals surface area (Å²) < 4.78 is 16.0. The molecular weight excluding hydrogens is 373 g/mol. The minimum Gasteiger partial charge on any atom is -0.481 e. The Kier molecular flexibility index (Phi) is 5.34. The summed E-state index contributed by atoms with van der Waals surface area (Å²) in [6.07, 6.45) is 2.12. The van der Waals surface area contributed by atoms with Crippen LogP contribution in [-0.4, -0.2) is 31.4 Å². The lowest BCUT2D eigenvalue weighted by Crippen LogP contribution is -2.09. The number of carboxylic acids is 1. The van der Waals surface area contributed by atoms with Crippen molar-refractivity contribution >= 4 is 23.3 Å². The van der Waals surface area contributed by atoms with Gasteiger partial charge in [-0.1, -0.05) is 23.7 Å². The van der Waals surface area contributed by atoms with Gasteiger partial charge in [0.1, 0.15) is 5.82 Å². The number of aromatic nitrogens is 2. The molecule has 0 bridgehead atoms. The molecule has 6 nitrogen and oxygen atoms in total. The molecule has 1 unspecified atom stereocenters. The van der Waals surface area contributed by atoms with Gasteiger partial charge in [0.2, 0.25) is 6.23 Å². The lowest BCUT2D eigenvalue weighted by molar-refractivity contribution is -0.134. The first-order valence-corrected chi connectivity index (χ1v) is 8.30. The van der Waals surface area contributed by atoms with Crippen LogP contribution >= 0.6 is 11.6 Å². The standard InChI is InChI=1S/C17H11ClFN3O.C2H4O2/c18-10-5-6-14-12(9-10)15(11-3-1-2-4-13(11)19)21-17(23)16-20-7-8-22(14)16;1-2(3)4/h1-9,17,23H;1H3,(H,3,4). The summed E-state index contributed by atoms with van der Waals surface area (Å²) in [5.41, 5.74) is 2.03. The highest BCUT2D eigenvalue weighted by atomic mass is 35.5. The molecular formula is C19H15ClFN3O3. The average Bonchev–Trinajstić information content (AvgIpc) is 3.06. The predicted octanol–water partition coefficient (Wildman–Crippen LogP) is 3.60. The number of hydrogen-bond donors (Lipinski definition) is 2. The van der Waals surface area contributed by atoms with E-state index in [-0.39, 0.29) is 0 Å². The molecule has 138 valence electrons. The monoisotopic (exact) mass is 387 g/mol. The van der Waals surface area contributed by atoms with Gasteiger partial charge in [0.15, 0.2) is 5.82 Å². The molecule has 1 atom stereocenters. The van der Waals surface area contributed by atoms with Crippen molar-refractivity contribution in [3.63, 3.8) is 0 Å². The fourth-order valence-electron chi connectivity index (χ4n) is 2.74. The summed E-state index contributed by atoms with van der Waals surface area (Å²) in [5, 5.41) is 18.3. The van der Waals surface area contributed by atoms with Crippen LogP contribution in [0, 0.1) is 5.82 Å². The van der Waals surface area contributed by atoms with E-state index in [9.17, 15) is 9.50 Å². The number of halogens is 2. The van der Waals surface area contributed by atoms with Crippen LogP contribution in [-0.2, 0) is 4.79 Å². The number of aliphatic imine (C=N–C) groups is 1. The Morgan fingerprint density at radius 1 is 1.22 bits per heavy atom. The van der Waals surface area contributed by atoms with E-state index < -0.39 is 18.0 Å². The van der Waals surface area contributed by atoms with Gasteiger partial charge in [-0.25, -0.2) is 14.4 Å². The molecule has 0 saturated heterocycles. The van der Waals surface area contributed by atoms with Gasteiger partial charge in [-0.05, 0) is 30.3 Å². The third-order valence-electron chi connectivity index (χ3n) is 3.75. The number of aliphatic hydroxyl groups is 1. The number of rotatable bonds is 1. The fraction of sp³-hybridized carbons (Fsp3) is 0.105. The van der Waals surface area contributed by atoms with Gasteiger partial charge in [-0.3, -0.25) is 9.36 Å². The quantitative estimate of drug-likeness (QED) is 0.667. The molecule has 1 aliphatic rings. The second-order valence-electron chi connectivity index (χ2n) is 5.67. The molecule has 0 aliphatic carbocycles. The minimum absolute atomic E-state index is 0.306. The molecule has 4 rings (SSSR count). The number of carboxylic acid groups (broad SMARTS) is 1. The Bertz CT molecular complexity index is 1030. The zero-order chi connectivity index (χ0) is 19.6. The van der Waals surface area contributed by atoms with E-state index in [0.717, 1.165) is 12.6 Å². The van der Waals surface area contributed by atoms with Crippen LogP contribution in [0.3, 0.4) is 0 Å². The van der Waals surface area contributed by atoms with Crippen molar-refractivity contribution in [3.05, 3.63) is 82.6 Å². The van der Waals surface area contributed by atoms with Gasteiger partial charge in [0.25, 0.3) is 5.97 Å². The molecule has 0 fully saturated rings. The number of nitrogens with zero attached hydrogens (tertiary/aromatic N) is 3. The van der Waals surface area contributed by atoms with Crippen LogP contribution in [0.1, 0.15) is 30.1 Å². The summed E-state index contributed by atoms with van der Waals surface area (Å²) in [6, 6.07) is 11.6. The highest BCUT2D eigenvalue weighted by Crippen LogP contribution is 2.31. The SMILES string of the molecule is CC(=O)O.OC1N=C(c2ccccc2F)c2cc(Cl)ccc2-n2ccnc21. The van der Waals surface area contributed by atoms with Crippen molar-refractivity contribution in [3.8, 4) is 5.69 Å². The minimum atomic E-state index is -1.19. The topological polar surface area (TPSA) is 87.7 Å². The molecule has 8 heteroatoms. The zero-order valence-corrected chi connectivity index (χ0v) is 14.9. The summed E-state index contributed by atoms with van der Waals surface area (Å²) in [7, 11) is 0. The van der Waals surface area contributed by atoms with Crippen LogP contribution < -0.4 is 0 Å². The largest absolute Gasteiger partial charge is 0.481 e. The Morgan fingerprint density at radius 3 is 2.63 bits per heavy atom. The third kappa shape index (κ3) is 3.89. The molecule has 0 radical (unpaired) electrons. The van der Waals surface area contributed by atoms with Crippen molar-refractivity contribution < 1.29 is 19.4 Å². The molecule has 2 N–H and O–H groups in total. The summed E-state index contributed by atoms with van der Waals surface area (Å²) in [5.74, 6) is -0.871. The van der Waals surface area contributed by atoms with E-state index in [0.29, 0.717) is 27.7 Å². The van der Waals surface area contributed by atoms with Crippen LogP contribution in [0.4, 0.5) is 4.39 Å². The highest BCUT2D eigenvalue weighted by Gasteiger charge is 2.25. The van der Waals surface area contributed by atoms with Gasteiger partial charge in [0, 0.05) is 35.5 Å². The number of aliphatic carboxylic acids is 1. The second kappa shape index (κ2) is 7.69. The molecule has 0 spiro atoms. The van der Waals surface area contributed by atoms with Gasteiger partial charge < -0.3 is 10.2 Å². The van der Waals surface area contributed by atoms with Crippen molar-refractivity contribution in [2.75, 3.05) is 0 Å². The van der Waals surface area contributed by atoms with Crippen LogP contribution in [0.25, 0.3) is 5.69 Å². The molecule has 3 aromatic rings. The van der Waals surface area contributed by atoms with Gasteiger partial charge >= 0.3 is 0 Å². The van der Waals surface area contributed by atoms with E-state index in [1.807, 2.05) is 0 Å². The van der Waals surface area contributed by atoms with Gasteiger partial charge in [0.05, 0.1) is 11.4 Å². The van der Waals surface area contributed by atoms with Crippen LogP contribution in [0.2, 0.25) is 5.02 Å². The van der Waals surface area contributed by atoms with Crippen molar-refractivity contribution in [2.45, 2.75) is 13.2 Å². The Morgan fingerprint density at radius 2 is 1.93 bits per heavy atom. The van der Waals surface area contributed by atoms with Gasteiger partial charge in [-0.2, -0.15) is 0 Å². The van der Waals surface area contributed by atoms with E-state index in [2.05, 4.69) is 9.98 Å². The van der Waals surface area contributed by atoms with E-state index in [4.69, 9.17) is 21.5 Å². The molecule has 0 amide bonds. The maximum absolute atomic E-state index is 14.3. The number of benzene rings is 2. The summed E-state index contributed by atoms with van der Waals surface area (Å²) in [4.78, 5) is 17.4. The summed E-state index contributed by atoms with van der Waals surface area (Å²) in [6.45, 7) is 1.08. The first-order valence-electron chi connectivity index (χ1n) is 7.92. The molecule has 1 aliphatic heterocycles.